The van der Waals surface area contributed by atoms with Gasteiger partial charge >= 0.3 is 0 Å². The van der Waals surface area contributed by atoms with Crippen molar-refractivity contribution >= 4 is 5.91 Å². The van der Waals surface area contributed by atoms with Gasteiger partial charge in [0.05, 0.1) is 26.0 Å². The fourth-order valence-electron chi connectivity index (χ4n) is 3.89. The Labute approximate surface area is 159 Å². The normalized spacial score (nSPS) is 20.6. The molecule has 0 saturated heterocycles. The van der Waals surface area contributed by atoms with Crippen LogP contribution in [0.25, 0.3) is 0 Å². The van der Waals surface area contributed by atoms with E-state index in [2.05, 4.69) is 15.6 Å². The summed E-state index contributed by atoms with van der Waals surface area (Å²) in [5.74, 6) is 0.683. The summed E-state index contributed by atoms with van der Waals surface area (Å²) in [6.45, 7) is 0.877. The second kappa shape index (κ2) is 8.08. The van der Waals surface area contributed by atoms with Gasteiger partial charge in [0.1, 0.15) is 11.9 Å². The number of nitrogens with zero attached hydrogens (tertiary/aromatic N) is 3. The molecule has 144 valence electrons. The Bertz CT molecular complexity index is 779. The molecule has 4 rings (SSSR count). The Morgan fingerprint density at radius 1 is 1.19 bits per heavy atom. The van der Waals surface area contributed by atoms with Crippen molar-refractivity contribution < 1.29 is 14.3 Å². The minimum absolute atomic E-state index is 0.108. The second-order valence-electron chi connectivity index (χ2n) is 7.30. The van der Waals surface area contributed by atoms with Crippen LogP contribution in [0.3, 0.4) is 0 Å². The monoisotopic (exact) mass is 370 g/mol. The zero-order valence-corrected chi connectivity index (χ0v) is 15.7. The molecule has 2 aromatic rings. The van der Waals surface area contributed by atoms with E-state index in [4.69, 9.17) is 9.47 Å². The number of ether oxygens (including phenoxy) is 2. The summed E-state index contributed by atoms with van der Waals surface area (Å²) in [6, 6.07) is 8.06. The summed E-state index contributed by atoms with van der Waals surface area (Å²) in [4.78, 5) is 12.7. The zero-order chi connectivity index (χ0) is 18.6. The molecule has 27 heavy (non-hydrogen) atoms. The van der Waals surface area contributed by atoms with Gasteiger partial charge in [0.25, 0.3) is 5.91 Å². The third-order valence-electron chi connectivity index (χ3n) is 5.49. The molecule has 2 aliphatic rings. The Hall–Kier alpha value is -2.41. The molecule has 2 heterocycles. The molecule has 1 aromatic heterocycles. The van der Waals surface area contributed by atoms with Crippen molar-refractivity contribution in [1.29, 1.82) is 0 Å². The maximum Gasteiger partial charge on any atom is 0.274 e. The topological polar surface area (TPSA) is 78.3 Å². The lowest BCUT2D eigenvalue weighted by Crippen LogP contribution is -2.35. The standard InChI is InChI=1S/C20H26N4O3/c1-26-16-10-8-14(9-11-16)18-12-24-17(13-27-18)19(22-23-24)20(25)21-15-6-4-2-3-5-7-15/h8-11,15,18H,2-7,12-13H2,1H3,(H,21,25)/t18-/m0/s1. The summed E-state index contributed by atoms with van der Waals surface area (Å²) in [5, 5.41) is 11.5. The van der Waals surface area contributed by atoms with Gasteiger partial charge in [0, 0.05) is 6.04 Å². The van der Waals surface area contributed by atoms with Crippen molar-refractivity contribution in [1.82, 2.24) is 20.3 Å². The predicted octanol–water partition coefficient (Wildman–Crippen LogP) is 3.01. The van der Waals surface area contributed by atoms with Crippen LogP contribution in [0.15, 0.2) is 24.3 Å². The first-order valence-corrected chi connectivity index (χ1v) is 9.73. The van der Waals surface area contributed by atoms with Gasteiger partial charge in [0.15, 0.2) is 5.69 Å². The average Bonchev–Trinajstić information content (AvgIpc) is 2.97. The molecule has 7 heteroatoms. The Kier molecular flexibility index (Phi) is 5.38. The molecule has 1 N–H and O–H groups in total. The molecular weight excluding hydrogens is 344 g/mol. The zero-order valence-electron chi connectivity index (χ0n) is 15.7. The van der Waals surface area contributed by atoms with Gasteiger partial charge in [-0.15, -0.1) is 5.10 Å². The first-order valence-electron chi connectivity index (χ1n) is 9.73. The van der Waals surface area contributed by atoms with Crippen LogP contribution < -0.4 is 10.1 Å². The maximum atomic E-state index is 12.7. The molecule has 1 aliphatic carbocycles. The van der Waals surface area contributed by atoms with Crippen molar-refractivity contribution in [3.05, 3.63) is 41.2 Å². The number of rotatable bonds is 4. The van der Waals surface area contributed by atoms with Gasteiger partial charge in [0.2, 0.25) is 0 Å². The molecule has 1 aliphatic heterocycles. The number of hydrogen-bond acceptors (Lipinski definition) is 5. The first kappa shape index (κ1) is 18.0. The van der Waals surface area contributed by atoms with E-state index in [0.717, 1.165) is 29.8 Å². The van der Waals surface area contributed by atoms with Crippen molar-refractivity contribution in [2.75, 3.05) is 7.11 Å². The van der Waals surface area contributed by atoms with Gasteiger partial charge in [-0.2, -0.15) is 0 Å². The van der Waals surface area contributed by atoms with Crippen molar-refractivity contribution in [3.63, 3.8) is 0 Å². The highest BCUT2D eigenvalue weighted by atomic mass is 16.5. The van der Waals surface area contributed by atoms with Crippen LogP contribution in [0, 0.1) is 0 Å². The number of benzene rings is 1. The quantitative estimate of drug-likeness (QED) is 0.837. The lowest BCUT2D eigenvalue weighted by Gasteiger charge is -2.24. The Balaban J connectivity index is 1.43. The summed E-state index contributed by atoms with van der Waals surface area (Å²) >= 11 is 0. The highest BCUT2D eigenvalue weighted by Crippen LogP contribution is 2.28. The smallest absolute Gasteiger partial charge is 0.274 e. The number of fused-ring (bicyclic) bond motifs is 1. The maximum absolute atomic E-state index is 12.7. The highest BCUT2D eigenvalue weighted by molar-refractivity contribution is 5.93. The molecular formula is C20H26N4O3. The van der Waals surface area contributed by atoms with Gasteiger partial charge in [-0.05, 0) is 30.5 Å². The predicted molar refractivity (Wildman–Crippen MR) is 99.5 cm³/mol. The molecule has 1 amide bonds. The van der Waals surface area contributed by atoms with Gasteiger partial charge < -0.3 is 14.8 Å². The van der Waals surface area contributed by atoms with Crippen molar-refractivity contribution in [2.24, 2.45) is 0 Å². The largest absolute Gasteiger partial charge is 0.497 e. The minimum atomic E-state index is -0.130. The van der Waals surface area contributed by atoms with E-state index >= 15 is 0 Å². The number of carbonyl (C=O) groups excluding carboxylic acids is 1. The van der Waals surface area contributed by atoms with Gasteiger partial charge in [-0.25, -0.2) is 4.68 Å². The fraction of sp³-hybridized carbons (Fsp3) is 0.550. The summed E-state index contributed by atoms with van der Waals surface area (Å²) in [6.07, 6.45) is 6.86. The summed E-state index contributed by atoms with van der Waals surface area (Å²) < 4.78 is 13.0. The molecule has 0 unspecified atom stereocenters. The number of carbonyl (C=O) groups is 1. The summed E-state index contributed by atoms with van der Waals surface area (Å²) in [5.41, 5.74) is 2.21. The van der Waals surface area contributed by atoms with E-state index in [9.17, 15) is 4.79 Å². The lowest BCUT2D eigenvalue weighted by atomic mass is 10.1. The Morgan fingerprint density at radius 3 is 2.63 bits per heavy atom. The molecule has 0 radical (unpaired) electrons. The molecule has 0 bridgehead atoms. The molecule has 1 fully saturated rings. The number of aromatic nitrogens is 3. The highest BCUT2D eigenvalue weighted by Gasteiger charge is 2.28. The van der Waals surface area contributed by atoms with Crippen molar-refractivity contribution in [2.45, 2.75) is 63.8 Å². The number of methoxy groups -OCH3 is 1. The number of hydrogen-bond donors (Lipinski definition) is 1. The van der Waals surface area contributed by atoms with Crippen LogP contribution in [0.4, 0.5) is 0 Å². The summed E-state index contributed by atoms with van der Waals surface area (Å²) in [7, 11) is 1.65. The van der Waals surface area contributed by atoms with Crippen LogP contribution in [-0.4, -0.2) is 34.1 Å². The van der Waals surface area contributed by atoms with E-state index in [1.165, 1.54) is 25.7 Å². The van der Waals surface area contributed by atoms with Crippen molar-refractivity contribution in [3.8, 4) is 5.75 Å². The molecule has 0 spiro atoms. The Morgan fingerprint density at radius 2 is 1.93 bits per heavy atom. The molecule has 1 atom stereocenters. The van der Waals surface area contributed by atoms with E-state index in [-0.39, 0.29) is 18.1 Å². The second-order valence-corrected chi connectivity index (χ2v) is 7.30. The average molecular weight is 370 g/mol. The van der Waals surface area contributed by atoms with E-state index in [1.807, 2.05) is 24.3 Å². The minimum Gasteiger partial charge on any atom is -0.497 e. The van der Waals surface area contributed by atoms with E-state index in [0.29, 0.717) is 18.8 Å². The SMILES string of the molecule is COc1ccc([C@@H]2Cn3nnc(C(=O)NC4CCCCCC4)c3CO2)cc1. The van der Waals surface area contributed by atoms with Crippen LogP contribution in [-0.2, 0) is 17.9 Å². The number of amides is 1. The van der Waals surface area contributed by atoms with Crippen LogP contribution in [0.5, 0.6) is 5.75 Å². The molecule has 1 aromatic carbocycles. The van der Waals surface area contributed by atoms with E-state index < -0.39 is 0 Å². The fourth-order valence-corrected chi connectivity index (χ4v) is 3.89. The first-order chi connectivity index (χ1) is 13.2. The van der Waals surface area contributed by atoms with Crippen LogP contribution in [0.1, 0.15) is 66.4 Å². The molecule has 1 saturated carbocycles. The lowest BCUT2D eigenvalue weighted by molar-refractivity contribution is -0.00180. The third kappa shape index (κ3) is 3.98. The van der Waals surface area contributed by atoms with Crippen LogP contribution in [0.2, 0.25) is 0 Å². The third-order valence-corrected chi connectivity index (χ3v) is 5.49. The van der Waals surface area contributed by atoms with Crippen LogP contribution >= 0.6 is 0 Å². The molecule has 7 nitrogen and oxygen atoms in total. The van der Waals surface area contributed by atoms with Gasteiger partial charge in [-0.1, -0.05) is 43.0 Å². The van der Waals surface area contributed by atoms with Gasteiger partial charge in [-0.3, -0.25) is 4.79 Å². The number of nitrogens with one attached hydrogen (secondary N) is 1. The van der Waals surface area contributed by atoms with E-state index in [1.54, 1.807) is 11.8 Å².